The second kappa shape index (κ2) is 6.93. The van der Waals surface area contributed by atoms with Crippen LogP contribution in [0.4, 0.5) is 14.5 Å². The summed E-state index contributed by atoms with van der Waals surface area (Å²) >= 11 is 0. The lowest BCUT2D eigenvalue weighted by Gasteiger charge is -2.25. The molecule has 0 saturated carbocycles. The van der Waals surface area contributed by atoms with Crippen LogP contribution in [0.3, 0.4) is 0 Å². The van der Waals surface area contributed by atoms with Gasteiger partial charge >= 0.3 is 6.61 Å². The predicted molar refractivity (Wildman–Crippen MR) is 70.2 cm³/mol. The van der Waals surface area contributed by atoms with Gasteiger partial charge < -0.3 is 10.1 Å². The number of nitrogens with one attached hydrogen (secondary N) is 1. The van der Waals surface area contributed by atoms with Crippen LogP contribution in [-0.4, -0.2) is 13.2 Å². The van der Waals surface area contributed by atoms with Crippen molar-refractivity contribution >= 4 is 5.69 Å². The molecule has 0 aromatic heterocycles. The minimum absolute atomic E-state index is 0.0896. The van der Waals surface area contributed by atoms with Crippen molar-refractivity contribution in [1.29, 1.82) is 5.26 Å². The van der Waals surface area contributed by atoms with E-state index in [0.29, 0.717) is 18.7 Å². The second-order valence-corrected chi connectivity index (χ2v) is 5.05. The Kier molecular flexibility index (Phi) is 5.56. The number of para-hydroxylation sites is 2. The van der Waals surface area contributed by atoms with Gasteiger partial charge in [-0.15, -0.1) is 0 Å². The van der Waals surface area contributed by atoms with Gasteiger partial charge in [0.25, 0.3) is 0 Å². The molecular formula is C14H18F2N2O. The molecule has 0 unspecified atom stereocenters. The van der Waals surface area contributed by atoms with Gasteiger partial charge in [0.2, 0.25) is 0 Å². The summed E-state index contributed by atoms with van der Waals surface area (Å²) in [5.41, 5.74) is 0.445. The molecule has 0 aliphatic heterocycles. The number of hydrogen-bond acceptors (Lipinski definition) is 3. The van der Waals surface area contributed by atoms with Crippen LogP contribution >= 0.6 is 0 Å². The van der Waals surface area contributed by atoms with Crippen molar-refractivity contribution in [2.24, 2.45) is 5.41 Å². The molecule has 5 heteroatoms. The van der Waals surface area contributed by atoms with Crippen LogP contribution in [0.25, 0.3) is 0 Å². The summed E-state index contributed by atoms with van der Waals surface area (Å²) < 4.78 is 29.0. The number of nitrogens with zero attached hydrogens (tertiary/aromatic N) is 1. The summed E-state index contributed by atoms with van der Waals surface area (Å²) in [6.45, 7) is 1.79. The van der Waals surface area contributed by atoms with Crippen LogP contribution in [0, 0.1) is 16.7 Å². The zero-order valence-corrected chi connectivity index (χ0v) is 11.1. The average Bonchev–Trinajstić information content (AvgIpc) is 2.35. The van der Waals surface area contributed by atoms with E-state index in [1.165, 1.54) is 6.07 Å². The molecule has 1 aromatic rings. The van der Waals surface area contributed by atoms with Crippen molar-refractivity contribution in [2.75, 3.05) is 11.9 Å². The van der Waals surface area contributed by atoms with Gasteiger partial charge in [0.05, 0.1) is 11.8 Å². The van der Waals surface area contributed by atoms with Gasteiger partial charge in [0.15, 0.2) is 0 Å². The van der Waals surface area contributed by atoms with Crippen LogP contribution in [0.5, 0.6) is 5.75 Å². The fraction of sp³-hybridized carbons (Fsp3) is 0.500. The van der Waals surface area contributed by atoms with Crippen LogP contribution in [0.1, 0.15) is 26.7 Å². The van der Waals surface area contributed by atoms with Gasteiger partial charge in [0.1, 0.15) is 5.75 Å². The lowest BCUT2D eigenvalue weighted by molar-refractivity contribution is -0.0493. The Morgan fingerprint density at radius 1 is 1.37 bits per heavy atom. The summed E-state index contributed by atoms with van der Waals surface area (Å²) in [7, 11) is 0. The quantitative estimate of drug-likeness (QED) is 0.812. The number of rotatable bonds is 7. The Balaban J connectivity index is 2.64. The molecule has 0 amide bonds. The smallest absolute Gasteiger partial charge is 0.387 e. The van der Waals surface area contributed by atoms with Crippen LogP contribution in [0.2, 0.25) is 0 Å². The highest BCUT2D eigenvalue weighted by Crippen LogP contribution is 2.28. The van der Waals surface area contributed by atoms with Gasteiger partial charge in [-0.2, -0.15) is 14.0 Å². The molecule has 19 heavy (non-hydrogen) atoms. The van der Waals surface area contributed by atoms with E-state index < -0.39 is 6.61 Å². The highest BCUT2D eigenvalue weighted by molar-refractivity contribution is 5.56. The van der Waals surface area contributed by atoms with Crippen LogP contribution in [-0.2, 0) is 0 Å². The van der Waals surface area contributed by atoms with Crippen LogP contribution < -0.4 is 10.1 Å². The Bertz CT molecular complexity index is 441. The van der Waals surface area contributed by atoms with Crippen molar-refractivity contribution in [2.45, 2.75) is 33.3 Å². The van der Waals surface area contributed by atoms with Gasteiger partial charge in [-0.05, 0) is 24.0 Å². The third kappa shape index (κ3) is 5.56. The van der Waals surface area contributed by atoms with Crippen molar-refractivity contribution < 1.29 is 13.5 Å². The Morgan fingerprint density at radius 2 is 2.05 bits per heavy atom. The number of alkyl halides is 2. The Labute approximate surface area is 112 Å². The zero-order valence-electron chi connectivity index (χ0n) is 11.1. The SMILES string of the molecule is CC(C)(CCC#N)CNc1ccccc1OC(F)F. The van der Waals surface area contributed by atoms with Gasteiger partial charge in [-0.1, -0.05) is 26.0 Å². The molecule has 0 aliphatic rings. The van der Waals surface area contributed by atoms with Crippen molar-refractivity contribution in [3.8, 4) is 11.8 Å². The molecule has 0 radical (unpaired) electrons. The number of benzene rings is 1. The molecule has 0 heterocycles. The first-order valence-corrected chi connectivity index (χ1v) is 6.09. The highest BCUT2D eigenvalue weighted by Gasteiger charge is 2.18. The monoisotopic (exact) mass is 268 g/mol. The first-order chi connectivity index (χ1) is 8.94. The number of anilines is 1. The van der Waals surface area contributed by atoms with Gasteiger partial charge in [-0.25, -0.2) is 0 Å². The molecule has 1 N–H and O–H groups in total. The third-order valence-corrected chi connectivity index (χ3v) is 2.77. The fourth-order valence-corrected chi connectivity index (χ4v) is 1.63. The molecule has 1 aromatic carbocycles. The van der Waals surface area contributed by atoms with Crippen molar-refractivity contribution in [1.82, 2.24) is 0 Å². The van der Waals surface area contributed by atoms with E-state index in [9.17, 15) is 8.78 Å². The topological polar surface area (TPSA) is 45.0 Å². The Morgan fingerprint density at radius 3 is 2.68 bits per heavy atom. The molecule has 0 aliphatic carbocycles. The highest BCUT2D eigenvalue weighted by atomic mass is 19.3. The average molecular weight is 268 g/mol. The summed E-state index contributed by atoms with van der Waals surface area (Å²) in [6.07, 6.45) is 1.22. The fourth-order valence-electron chi connectivity index (χ4n) is 1.63. The van der Waals surface area contributed by atoms with E-state index in [2.05, 4.69) is 16.1 Å². The standard InChI is InChI=1S/C14H18F2N2O/c1-14(2,8-5-9-17)10-18-11-6-3-4-7-12(11)19-13(15)16/h3-4,6-7,13,18H,5,8,10H2,1-2H3. The minimum atomic E-state index is -2.84. The normalized spacial score (nSPS) is 11.2. The third-order valence-electron chi connectivity index (χ3n) is 2.77. The lowest BCUT2D eigenvalue weighted by Crippen LogP contribution is -2.23. The van der Waals surface area contributed by atoms with Gasteiger partial charge in [0, 0.05) is 13.0 Å². The maximum absolute atomic E-state index is 12.3. The number of hydrogen-bond donors (Lipinski definition) is 1. The summed E-state index contributed by atoms with van der Waals surface area (Å²) in [6, 6.07) is 8.69. The zero-order chi connectivity index (χ0) is 14.3. The van der Waals surface area contributed by atoms with Crippen molar-refractivity contribution in [3.63, 3.8) is 0 Å². The van der Waals surface area contributed by atoms with Crippen molar-refractivity contribution in [3.05, 3.63) is 24.3 Å². The maximum Gasteiger partial charge on any atom is 0.387 e. The summed E-state index contributed by atoms with van der Waals surface area (Å²) in [4.78, 5) is 0. The largest absolute Gasteiger partial charge is 0.433 e. The molecule has 1 rings (SSSR count). The number of nitriles is 1. The Hall–Kier alpha value is -1.83. The molecule has 0 bridgehead atoms. The maximum atomic E-state index is 12.3. The minimum Gasteiger partial charge on any atom is -0.433 e. The van der Waals surface area contributed by atoms with E-state index in [0.717, 1.165) is 6.42 Å². The summed E-state index contributed by atoms with van der Waals surface area (Å²) in [5.74, 6) is 0.133. The molecular weight excluding hydrogens is 250 g/mol. The van der Waals surface area contributed by atoms with E-state index in [-0.39, 0.29) is 11.2 Å². The lowest BCUT2D eigenvalue weighted by atomic mass is 9.88. The van der Waals surface area contributed by atoms with Crippen LogP contribution in [0.15, 0.2) is 24.3 Å². The molecule has 0 spiro atoms. The van der Waals surface area contributed by atoms with E-state index in [1.807, 2.05) is 13.8 Å². The molecule has 0 fully saturated rings. The first-order valence-electron chi connectivity index (χ1n) is 6.09. The van der Waals surface area contributed by atoms with Gasteiger partial charge in [-0.3, -0.25) is 0 Å². The second-order valence-electron chi connectivity index (χ2n) is 5.05. The summed E-state index contributed by atoms with van der Waals surface area (Å²) in [5, 5.41) is 11.7. The first kappa shape index (κ1) is 15.2. The number of halogens is 2. The predicted octanol–water partition coefficient (Wildman–Crippen LogP) is 4.03. The van der Waals surface area contributed by atoms with E-state index in [4.69, 9.17) is 5.26 Å². The van der Waals surface area contributed by atoms with E-state index in [1.54, 1.807) is 18.2 Å². The number of ether oxygens (including phenoxy) is 1. The molecule has 3 nitrogen and oxygen atoms in total. The van der Waals surface area contributed by atoms with E-state index >= 15 is 0 Å². The molecule has 0 saturated heterocycles. The molecule has 0 atom stereocenters. The molecule has 104 valence electrons.